The van der Waals surface area contributed by atoms with Gasteiger partial charge >= 0.3 is 0 Å². The van der Waals surface area contributed by atoms with Gasteiger partial charge in [0, 0.05) is 12.6 Å². The second kappa shape index (κ2) is 6.62. The topological polar surface area (TPSA) is 63.2 Å². The standard InChI is InChI=1S/C18H18N2O3/c1-19-18(21)15(20-22-2)13-10-6-7-11-14(13)17-16(23-17)12-8-4-3-5-9-12/h3-11,16-17H,1-2H3,(H,19,21)/b20-15+/t16-,17+/m1/s1. The van der Waals surface area contributed by atoms with Crippen LogP contribution in [0.1, 0.15) is 28.9 Å². The molecule has 1 saturated heterocycles. The van der Waals surface area contributed by atoms with E-state index in [1.165, 1.54) is 7.11 Å². The number of hydrogen-bond acceptors (Lipinski definition) is 4. The largest absolute Gasteiger partial charge is 0.398 e. The minimum absolute atomic E-state index is 0.00540. The number of benzene rings is 2. The van der Waals surface area contributed by atoms with Crippen LogP contribution in [0.25, 0.3) is 0 Å². The number of ether oxygens (including phenoxy) is 1. The molecular formula is C18H18N2O3. The summed E-state index contributed by atoms with van der Waals surface area (Å²) in [5.74, 6) is -0.295. The Morgan fingerprint density at radius 1 is 1.09 bits per heavy atom. The van der Waals surface area contributed by atoms with E-state index in [9.17, 15) is 4.79 Å². The Morgan fingerprint density at radius 3 is 2.48 bits per heavy atom. The van der Waals surface area contributed by atoms with Gasteiger partial charge in [-0.25, -0.2) is 0 Å². The summed E-state index contributed by atoms with van der Waals surface area (Å²) < 4.78 is 5.84. The first kappa shape index (κ1) is 15.2. The molecule has 2 aromatic rings. The predicted octanol–water partition coefficient (Wildman–Crippen LogP) is 2.60. The van der Waals surface area contributed by atoms with Crippen molar-refractivity contribution in [2.24, 2.45) is 5.16 Å². The van der Waals surface area contributed by atoms with Crippen molar-refractivity contribution in [2.75, 3.05) is 14.2 Å². The Balaban J connectivity index is 1.93. The van der Waals surface area contributed by atoms with Crippen LogP contribution in [-0.2, 0) is 14.4 Å². The monoisotopic (exact) mass is 310 g/mol. The van der Waals surface area contributed by atoms with Gasteiger partial charge in [-0.1, -0.05) is 59.8 Å². The van der Waals surface area contributed by atoms with E-state index in [0.717, 1.165) is 16.7 Å². The maximum absolute atomic E-state index is 12.1. The fourth-order valence-electron chi connectivity index (χ4n) is 2.63. The molecule has 1 aliphatic heterocycles. The molecule has 1 heterocycles. The third-order valence-electron chi connectivity index (χ3n) is 3.77. The van der Waals surface area contributed by atoms with Crippen molar-refractivity contribution in [2.45, 2.75) is 12.2 Å². The molecule has 0 radical (unpaired) electrons. The predicted molar refractivity (Wildman–Crippen MR) is 87.1 cm³/mol. The summed E-state index contributed by atoms with van der Waals surface area (Å²) in [6.45, 7) is 0. The Hall–Kier alpha value is -2.66. The van der Waals surface area contributed by atoms with E-state index in [-0.39, 0.29) is 23.8 Å². The molecular weight excluding hydrogens is 292 g/mol. The highest BCUT2D eigenvalue weighted by Gasteiger charge is 2.43. The normalized spacial score (nSPS) is 20.0. The molecule has 2 aromatic carbocycles. The number of rotatable bonds is 5. The summed E-state index contributed by atoms with van der Waals surface area (Å²) in [4.78, 5) is 16.9. The highest BCUT2D eigenvalue weighted by molar-refractivity contribution is 6.45. The molecule has 0 saturated carbocycles. The van der Waals surface area contributed by atoms with Crippen LogP contribution in [0.3, 0.4) is 0 Å². The first-order valence-corrected chi connectivity index (χ1v) is 7.39. The van der Waals surface area contributed by atoms with Crippen molar-refractivity contribution in [3.05, 3.63) is 71.3 Å². The minimum Gasteiger partial charge on any atom is -0.398 e. The van der Waals surface area contributed by atoms with E-state index in [0.29, 0.717) is 0 Å². The molecule has 1 N–H and O–H groups in total. The van der Waals surface area contributed by atoms with Crippen molar-refractivity contribution < 1.29 is 14.4 Å². The van der Waals surface area contributed by atoms with Crippen LogP contribution in [0.15, 0.2) is 59.8 Å². The van der Waals surface area contributed by atoms with Gasteiger partial charge in [-0.15, -0.1) is 0 Å². The minimum atomic E-state index is -0.295. The maximum Gasteiger partial charge on any atom is 0.273 e. The Morgan fingerprint density at radius 2 is 1.78 bits per heavy atom. The SMILES string of the molecule is CNC(=O)/C(=N/OC)c1ccccc1[C@@H]1O[C@@H]1c1ccccc1. The molecule has 1 amide bonds. The molecule has 23 heavy (non-hydrogen) atoms. The maximum atomic E-state index is 12.1. The molecule has 1 aliphatic rings. The number of amides is 1. The zero-order valence-corrected chi connectivity index (χ0v) is 13.0. The molecule has 0 spiro atoms. The van der Waals surface area contributed by atoms with Crippen LogP contribution >= 0.6 is 0 Å². The smallest absolute Gasteiger partial charge is 0.273 e. The van der Waals surface area contributed by atoms with Gasteiger partial charge in [-0.2, -0.15) is 0 Å². The van der Waals surface area contributed by atoms with Gasteiger partial charge in [0.25, 0.3) is 5.91 Å². The average Bonchev–Trinajstić information content (AvgIpc) is 3.40. The van der Waals surface area contributed by atoms with Crippen LogP contribution in [-0.4, -0.2) is 25.8 Å². The average molecular weight is 310 g/mol. The van der Waals surface area contributed by atoms with Crippen LogP contribution in [0, 0.1) is 0 Å². The first-order chi connectivity index (χ1) is 11.3. The second-order valence-corrected chi connectivity index (χ2v) is 5.18. The van der Waals surface area contributed by atoms with Crippen LogP contribution in [0.4, 0.5) is 0 Å². The molecule has 0 aliphatic carbocycles. The Labute approximate surface area is 134 Å². The lowest BCUT2D eigenvalue weighted by Crippen LogP contribution is -2.29. The van der Waals surface area contributed by atoms with Crippen LogP contribution in [0.5, 0.6) is 0 Å². The summed E-state index contributed by atoms with van der Waals surface area (Å²) in [5.41, 5.74) is 3.02. The van der Waals surface area contributed by atoms with Gasteiger partial charge in [0.1, 0.15) is 19.3 Å². The molecule has 0 bridgehead atoms. The van der Waals surface area contributed by atoms with Gasteiger partial charge in [0.15, 0.2) is 5.71 Å². The van der Waals surface area contributed by atoms with Gasteiger partial charge in [-0.3, -0.25) is 4.79 Å². The summed E-state index contributed by atoms with van der Waals surface area (Å²) in [5, 5.41) is 6.47. The van der Waals surface area contributed by atoms with Crippen molar-refractivity contribution in [1.29, 1.82) is 0 Å². The first-order valence-electron chi connectivity index (χ1n) is 7.39. The van der Waals surface area contributed by atoms with Gasteiger partial charge in [0.05, 0.1) is 0 Å². The Bertz CT molecular complexity index is 728. The van der Waals surface area contributed by atoms with Crippen molar-refractivity contribution >= 4 is 11.6 Å². The van der Waals surface area contributed by atoms with E-state index in [2.05, 4.69) is 10.5 Å². The number of carbonyl (C=O) groups is 1. The number of nitrogens with zero attached hydrogens (tertiary/aromatic N) is 1. The lowest BCUT2D eigenvalue weighted by atomic mass is 9.96. The second-order valence-electron chi connectivity index (χ2n) is 5.18. The number of oxime groups is 1. The van der Waals surface area contributed by atoms with E-state index in [1.807, 2.05) is 54.6 Å². The lowest BCUT2D eigenvalue weighted by molar-refractivity contribution is -0.114. The molecule has 5 heteroatoms. The van der Waals surface area contributed by atoms with Gasteiger partial charge in [-0.05, 0) is 11.1 Å². The van der Waals surface area contributed by atoms with Gasteiger partial charge in [0.2, 0.25) is 0 Å². The number of epoxide rings is 1. The molecule has 118 valence electrons. The lowest BCUT2D eigenvalue weighted by Gasteiger charge is -2.09. The number of hydrogen-bond donors (Lipinski definition) is 1. The number of nitrogens with one attached hydrogen (secondary N) is 1. The summed E-state index contributed by atoms with van der Waals surface area (Å²) in [7, 11) is 2.99. The van der Waals surface area contributed by atoms with Crippen molar-refractivity contribution in [3.63, 3.8) is 0 Å². The fourth-order valence-corrected chi connectivity index (χ4v) is 2.63. The number of carbonyl (C=O) groups excluding carboxylic acids is 1. The molecule has 3 rings (SSSR count). The van der Waals surface area contributed by atoms with Crippen LogP contribution < -0.4 is 5.32 Å². The van der Waals surface area contributed by atoms with E-state index in [1.54, 1.807) is 7.05 Å². The van der Waals surface area contributed by atoms with E-state index >= 15 is 0 Å². The van der Waals surface area contributed by atoms with E-state index < -0.39 is 0 Å². The fraction of sp³-hybridized carbons (Fsp3) is 0.222. The highest BCUT2D eigenvalue weighted by Crippen LogP contribution is 2.51. The zero-order valence-electron chi connectivity index (χ0n) is 13.0. The van der Waals surface area contributed by atoms with Crippen LogP contribution in [0.2, 0.25) is 0 Å². The molecule has 0 aromatic heterocycles. The van der Waals surface area contributed by atoms with Gasteiger partial charge < -0.3 is 14.9 Å². The molecule has 1 fully saturated rings. The summed E-state index contributed by atoms with van der Waals surface area (Å²) in [6, 6.07) is 17.6. The summed E-state index contributed by atoms with van der Waals surface area (Å²) in [6.07, 6.45) is -0.0776. The molecule has 5 nitrogen and oxygen atoms in total. The Kier molecular flexibility index (Phi) is 4.39. The number of likely N-dealkylation sites (N-methyl/N-ethyl adjacent to an activating group) is 1. The molecule has 0 unspecified atom stereocenters. The van der Waals surface area contributed by atoms with E-state index in [4.69, 9.17) is 9.57 Å². The van der Waals surface area contributed by atoms with Crippen molar-refractivity contribution in [1.82, 2.24) is 5.32 Å². The third-order valence-corrected chi connectivity index (χ3v) is 3.77. The quantitative estimate of drug-likeness (QED) is 0.524. The highest BCUT2D eigenvalue weighted by atomic mass is 16.6. The molecule has 2 atom stereocenters. The third kappa shape index (κ3) is 3.10. The van der Waals surface area contributed by atoms with Crippen molar-refractivity contribution in [3.8, 4) is 0 Å². The summed E-state index contributed by atoms with van der Waals surface area (Å²) >= 11 is 0. The zero-order chi connectivity index (χ0) is 16.2.